The maximum Gasteiger partial charge on any atom is 0.303 e. The molecule has 1 aliphatic rings. The van der Waals surface area contributed by atoms with Gasteiger partial charge in [-0.3, -0.25) is 4.79 Å². The van der Waals surface area contributed by atoms with E-state index < -0.39 is 49.4 Å². The van der Waals surface area contributed by atoms with Crippen LogP contribution in [-0.4, -0.2) is 89.6 Å². The van der Waals surface area contributed by atoms with Crippen LogP contribution in [-0.2, 0) is 23.7 Å². The topological polar surface area (TPSA) is 135 Å². The number of ether oxygens (including phenoxy) is 4. The van der Waals surface area contributed by atoms with Gasteiger partial charge < -0.3 is 39.4 Å². The molecular formula is C39H76O9. The summed E-state index contributed by atoms with van der Waals surface area (Å²) in [7, 11) is 0. The highest BCUT2D eigenvalue weighted by Gasteiger charge is 2.44. The molecule has 0 aliphatic carbocycles. The smallest absolute Gasteiger partial charge is 0.303 e. The molecule has 0 amide bonds. The first-order chi connectivity index (χ1) is 23.4. The number of esters is 1. The van der Waals surface area contributed by atoms with E-state index >= 15 is 0 Å². The molecule has 286 valence electrons. The summed E-state index contributed by atoms with van der Waals surface area (Å²) in [6, 6.07) is 0. The molecule has 0 spiro atoms. The van der Waals surface area contributed by atoms with E-state index in [9.17, 15) is 25.2 Å². The van der Waals surface area contributed by atoms with Crippen LogP contribution in [0.2, 0.25) is 0 Å². The summed E-state index contributed by atoms with van der Waals surface area (Å²) in [6.07, 6.45) is 28.0. The van der Waals surface area contributed by atoms with Crippen LogP contribution in [0.1, 0.15) is 181 Å². The van der Waals surface area contributed by atoms with Crippen molar-refractivity contribution in [3.05, 3.63) is 0 Å². The Kier molecular flexibility index (Phi) is 30.3. The molecule has 0 saturated carbocycles. The molecule has 0 radical (unpaired) electrons. The molecule has 1 rings (SSSR count). The first kappa shape index (κ1) is 45.2. The third-order valence-electron chi connectivity index (χ3n) is 9.57. The van der Waals surface area contributed by atoms with Crippen molar-refractivity contribution in [1.82, 2.24) is 0 Å². The lowest BCUT2D eigenvalue weighted by Gasteiger charge is -2.39. The second kappa shape index (κ2) is 32.1. The zero-order valence-corrected chi connectivity index (χ0v) is 31.0. The lowest BCUT2D eigenvalue weighted by atomic mass is 9.99. The van der Waals surface area contributed by atoms with Crippen LogP contribution in [0.3, 0.4) is 0 Å². The predicted octanol–water partition coefficient (Wildman–Crippen LogP) is 7.91. The molecule has 1 heterocycles. The van der Waals surface area contributed by atoms with Crippen LogP contribution in [0, 0.1) is 0 Å². The fraction of sp³-hybridized carbons (Fsp3) is 0.974. The van der Waals surface area contributed by atoms with E-state index in [2.05, 4.69) is 6.92 Å². The van der Waals surface area contributed by atoms with E-state index in [1.165, 1.54) is 161 Å². The molecule has 1 fully saturated rings. The van der Waals surface area contributed by atoms with Gasteiger partial charge in [0.25, 0.3) is 0 Å². The Bertz CT molecular complexity index is 707. The summed E-state index contributed by atoms with van der Waals surface area (Å²) in [4.78, 5) is 11.5. The Balaban J connectivity index is 1.86. The summed E-state index contributed by atoms with van der Waals surface area (Å²) in [5, 5.41) is 39.2. The highest BCUT2D eigenvalue weighted by Crippen LogP contribution is 2.22. The number of hydrogen-bond acceptors (Lipinski definition) is 9. The molecule has 0 bridgehead atoms. The Labute approximate surface area is 293 Å². The van der Waals surface area contributed by atoms with Crippen LogP contribution in [0.4, 0.5) is 0 Å². The van der Waals surface area contributed by atoms with Crippen LogP contribution >= 0.6 is 0 Å². The van der Waals surface area contributed by atoms with E-state index in [0.717, 1.165) is 12.8 Å². The minimum Gasteiger partial charge on any atom is -0.458 e. The Morgan fingerprint density at radius 1 is 0.583 bits per heavy atom. The minimum absolute atomic E-state index is 0.123. The van der Waals surface area contributed by atoms with Crippen molar-refractivity contribution in [2.45, 2.75) is 218 Å². The first-order valence-corrected chi connectivity index (χ1v) is 20.1. The zero-order chi connectivity index (χ0) is 35.1. The average Bonchev–Trinajstić information content (AvgIpc) is 3.07. The van der Waals surface area contributed by atoms with Crippen molar-refractivity contribution < 1.29 is 44.2 Å². The van der Waals surface area contributed by atoms with Crippen molar-refractivity contribution in [3.63, 3.8) is 0 Å². The molecule has 1 saturated heterocycles. The number of aliphatic hydroxyl groups excluding tert-OH is 4. The third-order valence-corrected chi connectivity index (χ3v) is 9.57. The standard InChI is InChI=1S/C39H76O9/c1-3-4-5-6-7-8-9-10-11-12-13-14-15-16-17-18-19-20-21-22-23-24-25-26-27-28-29-45-31-34(47-33(2)41)32-46-39-38(44)37(43)36(42)35(30-40)48-39/h34-40,42-44H,3-32H2,1-2H3. The van der Waals surface area contributed by atoms with Gasteiger partial charge >= 0.3 is 5.97 Å². The molecule has 1 aliphatic heterocycles. The average molecular weight is 689 g/mol. The van der Waals surface area contributed by atoms with Crippen molar-refractivity contribution in [2.24, 2.45) is 0 Å². The maximum absolute atomic E-state index is 11.5. The molecule has 9 nitrogen and oxygen atoms in total. The van der Waals surface area contributed by atoms with Crippen molar-refractivity contribution >= 4 is 5.97 Å². The van der Waals surface area contributed by atoms with Crippen LogP contribution in [0.5, 0.6) is 0 Å². The summed E-state index contributed by atoms with van der Waals surface area (Å²) >= 11 is 0. The second-order valence-corrected chi connectivity index (χ2v) is 14.2. The molecule has 6 atom stereocenters. The normalized spacial score (nSPS) is 21.8. The van der Waals surface area contributed by atoms with E-state index in [1.54, 1.807) is 0 Å². The van der Waals surface area contributed by atoms with Gasteiger partial charge in [-0.25, -0.2) is 0 Å². The maximum atomic E-state index is 11.5. The molecule has 9 heteroatoms. The van der Waals surface area contributed by atoms with Gasteiger partial charge in [0, 0.05) is 13.5 Å². The van der Waals surface area contributed by atoms with Crippen molar-refractivity contribution in [2.75, 3.05) is 26.4 Å². The summed E-state index contributed by atoms with van der Waals surface area (Å²) in [6.45, 7) is 3.61. The van der Waals surface area contributed by atoms with Gasteiger partial charge in [-0.2, -0.15) is 0 Å². The first-order valence-electron chi connectivity index (χ1n) is 20.1. The van der Waals surface area contributed by atoms with Crippen molar-refractivity contribution in [3.8, 4) is 0 Å². The number of aliphatic hydroxyl groups is 4. The van der Waals surface area contributed by atoms with E-state index in [0.29, 0.717) is 6.61 Å². The molecule has 6 unspecified atom stereocenters. The highest BCUT2D eigenvalue weighted by molar-refractivity contribution is 5.66. The van der Waals surface area contributed by atoms with E-state index in [-0.39, 0.29) is 13.2 Å². The quantitative estimate of drug-likeness (QED) is 0.0393. The van der Waals surface area contributed by atoms with Gasteiger partial charge in [-0.1, -0.05) is 167 Å². The largest absolute Gasteiger partial charge is 0.458 e. The van der Waals surface area contributed by atoms with Gasteiger partial charge in [0.1, 0.15) is 30.5 Å². The predicted molar refractivity (Wildman–Crippen MR) is 192 cm³/mol. The van der Waals surface area contributed by atoms with Gasteiger partial charge in [-0.05, 0) is 6.42 Å². The van der Waals surface area contributed by atoms with Crippen LogP contribution in [0.15, 0.2) is 0 Å². The lowest BCUT2D eigenvalue weighted by molar-refractivity contribution is -0.305. The molecule has 0 aromatic rings. The SMILES string of the molecule is CCCCCCCCCCCCCCCCCCCCCCCCCCCCOCC(COC1OC(CO)C(O)C(O)C1O)OC(C)=O. The molecular weight excluding hydrogens is 612 g/mol. The third kappa shape index (κ3) is 24.4. The van der Waals surface area contributed by atoms with Gasteiger partial charge in [-0.15, -0.1) is 0 Å². The number of carbonyl (C=O) groups is 1. The Hall–Kier alpha value is -0.810. The Morgan fingerprint density at radius 2 is 0.979 bits per heavy atom. The van der Waals surface area contributed by atoms with Gasteiger partial charge in [0.15, 0.2) is 6.29 Å². The monoisotopic (exact) mass is 689 g/mol. The second-order valence-electron chi connectivity index (χ2n) is 14.2. The summed E-state index contributed by atoms with van der Waals surface area (Å²) in [5.74, 6) is -0.485. The number of unbranched alkanes of at least 4 members (excludes halogenated alkanes) is 25. The van der Waals surface area contributed by atoms with E-state index in [1.807, 2.05) is 0 Å². The molecule has 4 N–H and O–H groups in total. The van der Waals surface area contributed by atoms with Gasteiger partial charge in [0.05, 0.1) is 19.8 Å². The Morgan fingerprint density at radius 3 is 1.35 bits per heavy atom. The number of hydrogen-bond donors (Lipinski definition) is 4. The van der Waals surface area contributed by atoms with E-state index in [4.69, 9.17) is 18.9 Å². The summed E-state index contributed by atoms with van der Waals surface area (Å²) in [5.41, 5.74) is 0. The highest BCUT2D eigenvalue weighted by atomic mass is 16.7. The van der Waals surface area contributed by atoms with Gasteiger partial charge in [0.2, 0.25) is 0 Å². The molecule has 48 heavy (non-hydrogen) atoms. The number of rotatable bonds is 34. The lowest BCUT2D eigenvalue weighted by Crippen LogP contribution is -2.59. The van der Waals surface area contributed by atoms with Crippen LogP contribution < -0.4 is 0 Å². The fourth-order valence-electron chi connectivity index (χ4n) is 6.49. The molecule has 0 aromatic heterocycles. The minimum atomic E-state index is -1.53. The fourth-order valence-corrected chi connectivity index (χ4v) is 6.49. The summed E-state index contributed by atoms with van der Waals surface area (Å²) < 4.78 is 21.8. The number of carbonyl (C=O) groups excluding carboxylic acids is 1. The zero-order valence-electron chi connectivity index (χ0n) is 31.0. The molecule has 0 aromatic carbocycles. The van der Waals surface area contributed by atoms with Crippen LogP contribution in [0.25, 0.3) is 0 Å². The van der Waals surface area contributed by atoms with Crippen molar-refractivity contribution in [1.29, 1.82) is 0 Å².